The molecular weight excluding hydrogens is 609 g/mol. The molecule has 13 heteroatoms. The summed E-state index contributed by atoms with van der Waals surface area (Å²) in [6.07, 6.45) is 1.56. The molecule has 2 fully saturated rings. The number of carbonyl (C=O) groups excluding carboxylic acids is 2. The van der Waals surface area contributed by atoms with Crippen LogP contribution in [0.15, 0.2) is 71.8 Å². The zero-order valence-corrected chi connectivity index (χ0v) is 25.5. The SMILES string of the molecule is CS(=O)(=O)c1ccc(-c2ccc(C3(O)CCC(N4CC[C@@H](NC(=O)CNC(=O)c5cccc(C(F)(F)F)c5)C4)CC3)nc2)cc1. The topological polar surface area (TPSA) is 129 Å². The maximum atomic E-state index is 12.9. The Bertz CT molecular complexity index is 1640. The minimum atomic E-state index is -4.57. The molecule has 9 nitrogen and oxygen atoms in total. The predicted molar refractivity (Wildman–Crippen MR) is 161 cm³/mol. The van der Waals surface area contributed by atoms with Crippen molar-refractivity contribution in [2.45, 2.75) is 60.9 Å². The molecule has 1 atom stereocenters. The number of rotatable bonds is 8. The van der Waals surface area contributed by atoms with Gasteiger partial charge < -0.3 is 15.7 Å². The summed E-state index contributed by atoms with van der Waals surface area (Å²) in [6, 6.07) is 14.4. The third-order valence-electron chi connectivity index (χ3n) is 8.60. The monoisotopic (exact) mass is 644 g/mol. The Morgan fingerprint density at radius 3 is 2.33 bits per heavy atom. The largest absolute Gasteiger partial charge is 0.416 e. The van der Waals surface area contributed by atoms with Crippen LogP contribution >= 0.6 is 0 Å². The van der Waals surface area contributed by atoms with E-state index >= 15 is 0 Å². The summed E-state index contributed by atoms with van der Waals surface area (Å²) >= 11 is 0. The molecule has 2 heterocycles. The molecule has 3 N–H and O–H groups in total. The molecule has 0 bridgehead atoms. The van der Waals surface area contributed by atoms with E-state index < -0.39 is 39.0 Å². The van der Waals surface area contributed by atoms with Gasteiger partial charge in [0.25, 0.3) is 5.91 Å². The normalized spacial score (nSPS) is 22.6. The van der Waals surface area contributed by atoms with E-state index in [4.69, 9.17) is 0 Å². The third kappa shape index (κ3) is 7.89. The van der Waals surface area contributed by atoms with Crippen molar-refractivity contribution in [3.63, 3.8) is 0 Å². The molecular formula is C32H35F3N4O5S. The number of aromatic nitrogens is 1. The first-order valence-electron chi connectivity index (χ1n) is 14.7. The second-order valence-corrected chi connectivity index (χ2v) is 13.8. The number of amides is 2. The number of benzene rings is 2. The molecule has 1 aromatic heterocycles. The number of hydrogen-bond acceptors (Lipinski definition) is 7. The second kappa shape index (κ2) is 12.9. The van der Waals surface area contributed by atoms with Gasteiger partial charge in [0.15, 0.2) is 9.84 Å². The molecule has 1 aliphatic heterocycles. The van der Waals surface area contributed by atoms with E-state index in [1.165, 1.54) is 6.07 Å². The maximum Gasteiger partial charge on any atom is 0.416 e. The van der Waals surface area contributed by atoms with Gasteiger partial charge in [-0.2, -0.15) is 13.2 Å². The minimum absolute atomic E-state index is 0.121. The lowest BCUT2D eigenvalue weighted by molar-refractivity contribution is -0.137. The summed E-state index contributed by atoms with van der Waals surface area (Å²) in [7, 11) is -3.28. The summed E-state index contributed by atoms with van der Waals surface area (Å²) in [5.74, 6) is -1.17. The van der Waals surface area contributed by atoms with Gasteiger partial charge in [0.05, 0.1) is 22.7 Å². The third-order valence-corrected chi connectivity index (χ3v) is 9.73. The van der Waals surface area contributed by atoms with Gasteiger partial charge in [-0.05, 0) is 74.1 Å². The quantitative estimate of drug-likeness (QED) is 0.339. The van der Waals surface area contributed by atoms with Gasteiger partial charge in [0.1, 0.15) is 5.60 Å². The second-order valence-electron chi connectivity index (χ2n) is 11.8. The Morgan fingerprint density at radius 1 is 1.02 bits per heavy atom. The Hall–Kier alpha value is -3.81. The van der Waals surface area contributed by atoms with E-state index in [1.54, 1.807) is 30.5 Å². The number of sulfone groups is 1. The predicted octanol–water partition coefficient (Wildman–Crippen LogP) is 3.92. The molecule has 1 aliphatic carbocycles. The first kappa shape index (κ1) is 32.6. The number of likely N-dealkylation sites (tertiary alicyclic amines) is 1. The highest BCUT2D eigenvalue weighted by atomic mass is 32.2. The van der Waals surface area contributed by atoms with E-state index in [-0.39, 0.29) is 29.1 Å². The van der Waals surface area contributed by atoms with Gasteiger partial charge in [-0.1, -0.05) is 24.3 Å². The van der Waals surface area contributed by atoms with Crippen LogP contribution in [0.1, 0.15) is 53.7 Å². The molecule has 0 spiro atoms. The number of hydrogen-bond donors (Lipinski definition) is 3. The van der Waals surface area contributed by atoms with E-state index in [1.807, 2.05) is 12.1 Å². The lowest BCUT2D eigenvalue weighted by atomic mass is 9.79. The number of carbonyl (C=O) groups is 2. The summed E-state index contributed by atoms with van der Waals surface area (Å²) < 4.78 is 62.2. The fraction of sp³-hybridized carbons (Fsp3) is 0.406. The standard InChI is InChI=1S/C32H35F3N4O5S/c1-45(43,44)27-8-5-21(6-9-27)23-7-10-28(36-18-23)31(42)14-11-26(12-15-31)39-16-13-25(20-39)38-29(40)19-37-30(41)22-3-2-4-24(17-22)32(33,34)35/h2-10,17-18,25-26,42H,11-16,19-20H2,1H3,(H,37,41)(H,38,40)/t25-,26?,31?/m1/s1. The van der Waals surface area contributed by atoms with Gasteiger partial charge in [0, 0.05) is 48.8 Å². The number of nitrogens with zero attached hydrogens (tertiary/aromatic N) is 2. The minimum Gasteiger partial charge on any atom is -0.384 e. The van der Waals surface area contributed by atoms with E-state index in [0.29, 0.717) is 25.1 Å². The highest BCUT2D eigenvalue weighted by Crippen LogP contribution is 2.39. The molecule has 0 unspecified atom stereocenters. The molecule has 0 radical (unpaired) electrons. The van der Waals surface area contributed by atoms with Gasteiger partial charge in [-0.25, -0.2) is 8.42 Å². The lowest BCUT2D eigenvalue weighted by Crippen LogP contribution is -2.45. The summed E-state index contributed by atoms with van der Waals surface area (Å²) in [5, 5.41) is 16.7. The fourth-order valence-electron chi connectivity index (χ4n) is 6.05. The zero-order valence-electron chi connectivity index (χ0n) is 24.7. The van der Waals surface area contributed by atoms with Crippen molar-refractivity contribution >= 4 is 21.7 Å². The van der Waals surface area contributed by atoms with Crippen molar-refractivity contribution in [3.8, 4) is 11.1 Å². The molecule has 1 saturated carbocycles. The van der Waals surface area contributed by atoms with Crippen LogP contribution in [-0.2, 0) is 26.4 Å². The maximum absolute atomic E-state index is 12.9. The molecule has 45 heavy (non-hydrogen) atoms. The number of pyridine rings is 1. The molecule has 2 amide bonds. The smallest absolute Gasteiger partial charge is 0.384 e. The summed E-state index contributed by atoms with van der Waals surface area (Å²) in [4.78, 5) is 31.8. The van der Waals surface area contributed by atoms with E-state index in [2.05, 4.69) is 20.5 Å². The summed E-state index contributed by atoms with van der Waals surface area (Å²) in [5.41, 5.74) is 0.0744. The Labute approximate surface area is 259 Å². The van der Waals surface area contributed by atoms with Crippen molar-refractivity contribution in [1.29, 1.82) is 0 Å². The molecule has 3 aromatic rings. The van der Waals surface area contributed by atoms with Crippen LogP contribution < -0.4 is 10.6 Å². The molecule has 1 saturated heterocycles. The Morgan fingerprint density at radius 2 is 1.71 bits per heavy atom. The van der Waals surface area contributed by atoms with Crippen molar-refractivity contribution in [2.24, 2.45) is 0 Å². The van der Waals surface area contributed by atoms with Crippen molar-refractivity contribution in [2.75, 3.05) is 25.9 Å². The summed E-state index contributed by atoms with van der Waals surface area (Å²) in [6.45, 7) is 1.05. The molecule has 2 aromatic carbocycles. The van der Waals surface area contributed by atoms with Crippen LogP contribution in [0.4, 0.5) is 13.2 Å². The van der Waals surface area contributed by atoms with Crippen molar-refractivity contribution in [1.82, 2.24) is 20.5 Å². The highest BCUT2D eigenvalue weighted by molar-refractivity contribution is 7.90. The Balaban J connectivity index is 1.08. The average molecular weight is 645 g/mol. The molecule has 240 valence electrons. The highest BCUT2D eigenvalue weighted by Gasteiger charge is 2.39. The number of halogens is 3. The van der Waals surface area contributed by atoms with Gasteiger partial charge in [0.2, 0.25) is 5.91 Å². The van der Waals surface area contributed by atoms with Crippen LogP contribution in [0.25, 0.3) is 11.1 Å². The zero-order chi connectivity index (χ0) is 32.4. The van der Waals surface area contributed by atoms with Crippen LogP contribution in [0.3, 0.4) is 0 Å². The first-order valence-corrected chi connectivity index (χ1v) is 16.6. The fourth-order valence-corrected chi connectivity index (χ4v) is 6.68. The van der Waals surface area contributed by atoms with Crippen molar-refractivity contribution < 1.29 is 36.3 Å². The van der Waals surface area contributed by atoms with Crippen molar-refractivity contribution in [3.05, 3.63) is 83.7 Å². The lowest BCUT2D eigenvalue weighted by Gasteiger charge is -2.39. The number of aliphatic hydroxyl groups is 1. The van der Waals surface area contributed by atoms with Crippen LogP contribution in [0.5, 0.6) is 0 Å². The van der Waals surface area contributed by atoms with Crippen LogP contribution in [-0.4, -0.2) is 73.2 Å². The van der Waals surface area contributed by atoms with Gasteiger partial charge >= 0.3 is 6.18 Å². The van der Waals surface area contributed by atoms with Gasteiger partial charge in [-0.15, -0.1) is 0 Å². The molecule has 2 aliphatic rings. The van der Waals surface area contributed by atoms with Gasteiger partial charge in [-0.3, -0.25) is 19.5 Å². The number of alkyl halides is 3. The van der Waals surface area contributed by atoms with Crippen LogP contribution in [0.2, 0.25) is 0 Å². The van der Waals surface area contributed by atoms with E-state index in [9.17, 15) is 36.3 Å². The average Bonchev–Trinajstić information content (AvgIpc) is 3.48. The number of nitrogens with one attached hydrogen (secondary N) is 2. The van der Waals surface area contributed by atoms with E-state index in [0.717, 1.165) is 61.4 Å². The van der Waals surface area contributed by atoms with Crippen LogP contribution in [0, 0.1) is 0 Å². The first-order chi connectivity index (χ1) is 21.2. The molecule has 5 rings (SSSR count). The Kier molecular flexibility index (Phi) is 9.33.